The second-order valence-corrected chi connectivity index (χ2v) is 3.16. The van der Waals surface area contributed by atoms with Crippen molar-refractivity contribution in [3.05, 3.63) is 0 Å². The van der Waals surface area contributed by atoms with Gasteiger partial charge in [-0.15, -0.1) is 0 Å². The minimum absolute atomic E-state index is 0.0536. The second kappa shape index (κ2) is 3.49. The number of aliphatic hydroxyl groups is 3. The van der Waals surface area contributed by atoms with Crippen molar-refractivity contribution >= 4 is 0 Å². The molecule has 0 spiro atoms. The van der Waals surface area contributed by atoms with E-state index < -0.39 is 12.2 Å². The third-order valence-electron chi connectivity index (χ3n) is 2.46. The SMILES string of the molecule is NC[C@@H]1C[C@H](CO)[C@H](O)[C@@H]1O. The van der Waals surface area contributed by atoms with E-state index in [1.165, 1.54) is 0 Å². The van der Waals surface area contributed by atoms with Crippen LogP contribution >= 0.6 is 0 Å². The van der Waals surface area contributed by atoms with Crippen molar-refractivity contribution in [2.45, 2.75) is 18.6 Å². The van der Waals surface area contributed by atoms with Gasteiger partial charge in [-0.3, -0.25) is 0 Å². The first-order valence-electron chi connectivity index (χ1n) is 3.87. The van der Waals surface area contributed by atoms with Crippen LogP contribution in [0.3, 0.4) is 0 Å². The molecule has 1 aliphatic carbocycles. The maximum atomic E-state index is 9.32. The number of hydrogen-bond donors (Lipinski definition) is 4. The molecule has 5 N–H and O–H groups in total. The fraction of sp³-hybridized carbons (Fsp3) is 1.00. The van der Waals surface area contributed by atoms with Crippen molar-refractivity contribution < 1.29 is 15.3 Å². The summed E-state index contributed by atoms with van der Waals surface area (Å²) in [5.41, 5.74) is 5.35. The summed E-state index contributed by atoms with van der Waals surface area (Å²) in [5, 5.41) is 27.4. The van der Waals surface area contributed by atoms with E-state index >= 15 is 0 Å². The highest BCUT2D eigenvalue weighted by Gasteiger charge is 2.39. The zero-order chi connectivity index (χ0) is 8.43. The van der Waals surface area contributed by atoms with Gasteiger partial charge in [0.2, 0.25) is 0 Å². The minimum Gasteiger partial charge on any atom is -0.396 e. The lowest BCUT2D eigenvalue weighted by atomic mass is 10.1. The maximum Gasteiger partial charge on any atom is 0.0852 e. The van der Waals surface area contributed by atoms with Crippen molar-refractivity contribution in [2.24, 2.45) is 17.6 Å². The standard InChI is InChI=1S/C7H15NO3/c8-2-4-1-5(3-9)7(11)6(4)10/h4-7,9-11H,1-3,8H2/t4-,5+,6+,7-/m0/s1. The molecule has 0 unspecified atom stereocenters. The van der Waals surface area contributed by atoms with Gasteiger partial charge in [0.05, 0.1) is 12.2 Å². The van der Waals surface area contributed by atoms with Crippen LogP contribution in [0.1, 0.15) is 6.42 Å². The molecule has 1 saturated carbocycles. The topological polar surface area (TPSA) is 86.7 Å². The van der Waals surface area contributed by atoms with E-state index in [2.05, 4.69) is 0 Å². The average molecular weight is 161 g/mol. The van der Waals surface area contributed by atoms with E-state index in [-0.39, 0.29) is 18.4 Å². The van der Waals surface area contributed by atoms with Crippen molar-refractivity contribution in [2.75, 3.05) is 13.2 Å². The molecular formula is C7H15NO3. The molecule has 4 heteroatoms. The highest BCUT2D eigenvalue weighted by atomic mass is 16.3. The van der Waals surface area contributed by atoms with Gasteiger partial charge in [0.25, 0.3) is 0 Å². The molecule has 0 radical (unpaired) electrons. The smallest absolute Gasteiger partial charge is 0.0852 e. The van der Waals surface area contributed by atoms with Gasteiger partial charge in [0, 0.05) is 18.4 Å². The summed E-state index contributed by atoms with van der Waals surface area (Å²) in [4.78, 5) is 0. The van der Waals surface area contributed by atoms with Crippen LogP contribution in [0.4, 0.5) is 0 Å². The van der Waals surface area contributed by atoms with Crippen molar-refractivity contribution in [3.63, 3.8) is 0 Å². The van der Waals surface area contributed by atoms with Crippen LogP contribution < -0.4 is 5.73 Å². The van der Waals surface area contributed by atoms with E-state index in [0.717, 1.165) is 0 Å². The first-order valence-corrected chi connectivity index (χ1v) is 3.87. The second-order valence-electron chi connectivity index (χ2n) is 3.16. The Hall–Kier alpha value is -0.160. The van der Waals surface area contributed by atoms with Crippen LogP contribution in [0.15, 0.2) is 0 Å². The van der Waals surface area contributed by atoms with Gasteiger partial charge >= 0.3 is 0 Å². The van der Waals surface area contributed by atoms with E-state index in [0.29, 0.717) is 13.0 Å². The van der Waals surface area contributed by atoms with Crippen LogP contribution in [0.2, 0.25) is 0 Å². The van der Waals surface area contributed by atoms with E-state index in [1.54, 1.807) is 0 Å². The lowest BCUT2D eigenvalue weighted by molar-refractivity contribution is -0.00476. The van der Waals surface area contributed by atoms with Crippen LogP contribution in [0.5, 0.6) is 0 Å². The molecule has 0 aliphatic heterocycles. The van der Waals surface area contributed by atoms with Crippen LogP contribution in [0.25, 0.3) is 0 Å². The number of hydrogen-bond acceptors (Lipinski definition) is 4. The lowest BCUT2D eigenvalue weighted by Gasteiger charge is -2.14. The molecule has 0 heterocycles. The number of rotatable bonds is 2. The molecule has 0 aromatic heterocycles. The molecule has 4 atom stereocenters. The summed E-state index contributed by atoms with van der Waals surface area (Å²) in [6.45, 7) is 0.295. The Morgan fingerprint density at radius 2 is 1.73 bits per heavy atom. The van der Waals surface area contributed by atoms with Crippen LogP contribution in [-0.2, 0) is 0 Å². The molecule has 0 amide bonds. The van der Waals surface area contributed by atoms with E-state index in [1.807, 2.05) is 0 Å². The molecule has 0 bridgehead atoms. The van der Waals surface area contributed by atoms with E-state index in [4.69, 9.17) is 10.8 Å². The largest absolute Gasteiger partial charge is 0.396 e. The van der Waals surface area contributed by atoms with E-state index in [9.17, 15) is 10.2 Å². The van der Waals surface area contributed by atoms with Gasteiger partial charge in [-0.05, 0) is 13.0 Å². The summed E-state index contributed by atoms with van der Waals surface area (Å²) in [7, 11) is 0. The quantitative estimate of drug-likeness (QED) is 0.388. The Morgan fingerprint density at radius 1 is 1.18 bits per heavy atom. The minimum atomic E-state index is -0.798. The Balaban J connectivity index is 2.53. The molecule has 0 aromatic carbocycles. The van der Waals surface area contributed by atoms with Gasteiger partial charge in [0.15, 0.2) is 0 Å². The molecule has 1 aliphatic rings. The molecule has 0 aromatic rings. The summed E-state index contributed by atoms with van der Waals surface area (Å²) >= 11 is 0. The van der Waals surface area contributed by atoms with Crippen LogP contribution in [0, 0.1) is 11.8 Å². The maximum absolute atomic E-state index is 9.32. The third-order valence-corrected chi connectivity index (χ3v) is 2.46. The predicted molar refractivity (Wildman–Crippen MR) is 39.8 cm³/mol. The lowest BCUT2D eigenvalue weighted by Crippen LogP contribution is -2.31. The van der Waals surface area contributed by atoms with Crippen molar-refractivity contribution in [1.29, 1.82) is 0 Å². The van der Waals surface area contributed by atoms with Crippen LogP contribution in [-0.4, -0.2) is 40.7 Å². The molecule has 11 heavy (non-hydrogen) atoms. The molecule has 66 valence electrons. The predicted octanol–water partition coefficient (Wildman–Crippen LogP) is -1.70. The Bertz CT molecular complexity index is 113. The summed E-state index contributed by atoms with van der Waals surface area (Å²) in [5.74, 6) is -0.249. The van der Waals surface area contributed by atoms with Gasteiger partial charge < -0.3 is 21.1 Å². The Labute approximate surface area is 65.6 Å². The van der Waals surface area contributed by atoms with Gasteiger partial charge in [-0.2, -0.15) is 0 Å². The highest BCUT2D eigenvalue weighted by Crippen LogP contribution is 2.30. The zero-order valence-corrected chi connectivity index (χ0v) is 6.35. The van der Waals surface area contributed by atoms with Gasteiger partial charge in [-0.25, -0.2) is 0 Å². The first kappa shape index (κ1) is 8.93. The summed E-state index contributed by atoms with van der Waals surface area (Å²) in [6.07, 6.45) is -0.930. The monoisotopic (exact) mass is 161 g/mol. The fourth-order valence-corrected chi connectivity index (χ4v) is 1.64. The molecular weight excluding hydrogens is 146 g/mol. The van der Waals surface area contributed by atoms with Gasteiger partial charge in [0.1, 0.15) is 0 Å². The number of aliphatic hydroxyl groups excluding tert-OH is 3. The molecule has 4 nitrogen and oxygen atoms in total. The summed E-state index contributed by atoms with van der Waals surface area (Å²) < 4.78 is 0. The molecule has 1 rings (SSSR count). The average Bonchev–Trinajstić information content (AvgIpc) is 2.30. The molecule has 0 saturated heterocycles. The zero-order valence-electron chi connectivity index (χ0n) is 6.35. The molecule has 1 fully saturated rings. The van der Waals surface area contributed by atoms with Crippen molar-refractivity contribution in [3.8, 4) is 0 Å². The third kappa shape index (κ3) is 1.54. The fourth-order valence-electron chi connectivity index (χ4n) is 1.64. The summed E-state index contributed by atoms with van der Waals surface area (Å²) in [6, 6.07) is 0. The highest BCUT2D eigenvalue weighted by molar-refractivity contribution is 4.90. The Kier molecular flexibility index (Phi) is 2.84. The van der Waals surface area contributed by atoms with Crippen molar-refractivity contribution in [1.82, 2.24) is 0 Å². The normalized spacial score (nSPS) is 44.7. The van der Waals surface area contributed by atoms with Gasteiger partial charge in [-0.1, -0.05) is 0 Å². The first-order chi connectivity index (χ1) is 5.20. The number of nitrogens with two attached hydrogens (primary N) is 1. The Morgan fingerprint density at radius 3 is 2.00 bits per heavy atom.